The van der Waals surface area contributed by atoms with Crippen molar-refractivity contribution in [3.8, 4) is 0 Å². The van der Waals surface area contributed by atoms with E-state index < -0.39 is 11.9 Å². The van der Waals surface area contributed by atoms with Gasteiger partial charge in [0.05, 0.1) is 18.6 Å². The monoisotopic (exact) mass is 489 g/mol. The molecule has 0 aliphatic rings. The molecule has 0 aliphatic heterocycles. The number of ether oxygens (including phenoxy) is 2. The molecule has 0 saturated carbocycles. The van der Waals surface area contributed by atoms with Gasteiger partial charge in [-0.15, -0.1) is 0 Å². The molecule has 2 aromatic rings. The molecular formula is C23H24BrNO6. The minimum atomic E-state index is -0.635. The Morgan fingerprint density at radius 1 is 0.871 bits per heavy atom. The molecule has 0 radical (unpaired) electrons. The first kappa shape index (κ1) is 24.3. The Bertz CT molecular complexity index is 922. The van der Waals surface area contributed by atoms with Gasteiger partial charge in [0.2, 0.25) is 5.91 Å². The summed E-state index contributed by atoms with van der Waals surface area (Å²) in [7, 11) is 0. The van der Waals surface area contributed by atoms with Crippen molar-refractivity contribution in [3.05, 3.63) is 64.1 Å². The van der Waals surface area contributed by atoms with Gasteiger partial charge in [-0.25, -0.2) is 4.79 Å². The van der Waals surface area contributed by atoms with Crippen molar-refractivity contribution in [1.82, 2.24) is 0 Å². The van der Waals surface area contributed by atoms with Gasteiger partial charge in [0.1, 0.15) is 0 Å². The van der Waals surface area contributed by atoms with E-state index in [4.69, 9.17) is 9.47 Å². The number of rotatable bonds is 10. The minimum absolute atomic E-state index is 0.0938. The van der Waals surface area contributed by atoms with Gasteiger partial charge in [-0.3, -0.25) is 14.4 Å². The summed E-state index contributed by atoms with van der Waals surface area (Å²) in [5.74, 6) is -1.52. The number of nitrogens with one attached hydrogen (secondary N) is 1. The highest BCUT2D eigenvalue weighted by Gasteiger charge is 2.13. The average molecular weight is 490 g/mol. The van der Waals surface area contributed by atoms with E-state index in [-0.39, 0.29) is 37.1 Å². The van der Waals surface area contributed by atoms with Gasteiger partial charge in [0.15, 0.2) is 12.4 Å². The van der Waals surface area contributed by atoms with Crippen molar-refractivity contribution in [2.45, 2.75) is 26.7 Å². The van der Waals surface area contributed by atoms with Crippen LogP contribution in [0.3, 0.4) is 0 Å². The summed E-state index contributed by atoms with van der Waals surface area (Å²) in [4.78, 5) is 47.7. The van der Waals surface area contributed by atoms with Crippen LogP contribution in [0.15, 0.2) is 53.0 Å². The summed E-state index contributed by atoms with van der Waals surface area (Å²) in [5.41, 5.74) is 1.31. The maximum absolute atomic E-state index is 12.0. The van der Waals surface area contributed by atoms with Crippen LogP contribution in [0.1, 0.15) is 47.4 Å². The molecule has 0 unspecified atom stereocenters. The Kier molecular flexibility index (Phi) is 9.40. The van der Waals surface area contributed by atoms with Gasteiger partial charge in [0.25, 0.3) is 0 Å². The maximum atomic E-state index is 12.0. The highest BCUT2D eigenvalue weighted by atomic mass is 79.9. The second-order valence-corrected chi connectivity index (χ2v) is 8.12. The Hall–Kier alpha value is -3.00. The van der Waals surface area contributed by atoms with Crippen LogP contribution in [0, 0.1) is 5.92 Å². The number of amides is 1. The van der Waals surface area contributed by atoms with Crippen LogP contribution in [0.2, 0.25) is 0 Å². The number of esters is 2. The van der Waals surface area contributed by atoms with Crippen LogP contribution >= 0.6 is 15.9 Å². The number of anilines is 1. The molecular weight excluding hydrogens is 466 g/mol. The fourth-order valence-electron chi connectivity index (χ4n) is 2.39. The molecule has 7 nitrogen and oxygen atoms in total. The number of halogens is 1. The number of Topliss-reactive ketones (excluding diaryl/α,β-unsaturated/α-hetero) is 1. The van der Waals surface area contributed by atoms with Crippen LogP contribution < -0.4 is 5.32 Å². The molecule has 0 bridgehead atoms. The minimum Gasteiger partial charge on any atom is -0.462 e. The normalized spacial score (nSPS) is 10.5. The van der Waals surface area contributed by atoms with Crippen molar-refractivity contribution in [3.63, 3.8) is 0 Å². The predicted molar refractivity (Wildman–Crippen MR) is 119 cm³/mol. The van der Waals surface area contributed by atoms with Gasteiger partial charge in [-0.1, -0.05) is 41.9 Å². The quantitative estimate of drug-likeness (QED) is 0.392. The summed E-state index contributed by atoms with van der Waals surface area (Å²) in [6.07, 6.45) is -0.247. The largest absolute Gasteiger partial charge is 0.462 e. The van der Waals surface area contributed by atoms with E-state index in [9.17, 15) is 19.2 Å². The van der Waals surface area contributed by atoms with E-state index >= 15 is 0 Å². The Morgan fingerprint density at radius 3 is 2.10 bits per heavy atom. The van der Waals surface area contributed by atoms with Crippen LogP contribution in [-0.2, 0) is 19.1 Å². The second-order valence-electron chi connectivity index (χ2n) is 7.21. The third kappa shape index (κ3) is 8.72. The van der Waals surface area contributed by atoms with Crippen LogP contribution in [-0.4, -0.2) is 36.8 Å². The average Bonchev–Trinajstić information content (AvgIpc) is 2.75. The van der Waals surface area contributed by atoms with Crippen LogP contribution in [0.5, 0.6) is 0 Å². The van der Waals surface area contributed by atoms with E-state index in [1.165, 1.54) is 0 Å². The number of hydrogen-bond donors (Lipinski definition) is 1. The molecule has 1 amide bonds. The van der Waals surface area contributed by atoms with Crippen molar-refractivity contribution in [1.29, 1.82) is 0 Å². The lowest BCUT2D eigenvalue weighted by Gasteiger charge is -2.08. The zero-order valence-corrected chi connectivity index (χ0v) is 18.9. The molecule has 0 saturated heterocycles. The summed E-state index contributed by atoms with van der Waals surface area (Å²) in [5, 5.41) is 2.64. The number of hydrogen-bond acceptors (Lipinski definition) is 6. The van der Waals surface area contributed by atoms with Gasteiger partial charge in [0, 0.05) is 22.1 Å². The van der Waals surface area contributed by atoms with E-state index in [1.54, 1.807) is 48.5 Å². The number of carbonyl (C=O) groups is 4. The lowest BCUT2D eigenvalue weighted by molar-refractivity contribution is -0.143. The topological polar surface area (TPSA) is 98.8 Å². The summed E-state index contributed by atoms with van der Waals surface area (Å²) in [6.45, 7) is 3.85. The van der Waals surface area contributed by atoms with Crippen LogP contribution in [0.4, 0.5) is 5.69 Å². The van der Waals surface area contributed by atoms with Gasteiger partial charge in [-0.05, 0) is 42.3 Å². The zero-order chi connectivity index (χ0) is 22.8. The molecule has 2 rings (SSSR count). The molecule has 164 valence electrons. The first-order chi connectivity index (χ1) is 14.7. The predicted octanol–water partition coefficient (Wildman–Crippen LogP) is 4.41. The Morgan fingerprint density at radius 2 is 1.48 bits per heavy atom. The fourth-order valence-corrected chi connectivity index (χ4v) is 2.66. The highest BCUT2D eigenvalue weighted by molar-refractivity contribution is 9.10. The summed E-state index contributed by atoms with van der Waals surface area (Å²) in [6, 6.07) is 13.0. The van der Waals surface area contributed by atoms with Crippen molar-refractivity contribution >= 4 is 45.2 Å². The highest BCUT2D eigenvalue weighted by Crippen LogP contribution is 2.13. The number of ketones is 1. The molecule has 0 fully saturated rings. The van der Waals surface area contributed by atoms with E-state index in [2.05, 4.69) is 21.2 Å². The Labute approximate surface area is 189 Å². The van der Waals surface area contributed by atoms with E-state index in [1.807, 2.05) is 13.8 Å². The molecule has 0 aliphatic carbocycles. The third-order valence-corrected chi connectivity index (χ3v) is 4.57. The number of carbonyl (C=O) groups excluding carboxylic acids is 4. The smallest absolute Gasteiger partial charge is 0.338 e. The first-order valence-electron chi connectivity index (χ1n) is 9.76. The molecule has 31 heavy (non-hydrogen) atoms. The molecule has 0 aromatic heterocycles. The molecule has 0 heterocycles. The first-order valence-corrected chi connectivity index (χ1v) is 10.6. The molecule has 8 heteroatoms. The lowest BCUT2D eigenvalue weighted by atomic mass is 10.1. The second kappa shape index (κ2) is 12.0. The Balaban J connectivity index is 1.72. The van der Waals surface area contributed by atoms with Gasteiger partial charge in [-0.2, -0.15) is 0 Å². The molecule has 1 N–H and O–H groups in total. The van der Waals surface area contributed by atoms with Crippen molar-refractivity contribution in [2.75, 3.05) is 18.5 Å². The van der Waals surface area contributed by atoms with Crippen molar-refractivity contribution in [2.24, 2.45) is 5.92 Å². The SMILES string of the molecule is CC(C)COC(=O)c1ccc(NC(=O)CCC(=O)OCC(=O)c2ccc(Br)cc2)cc1. The third-order valence-electron chi connectivity index (χ3n) is 4.04. The van der Waals surface area contributed by atoms with Crippen molar-refractivity contribution < 1.29 is 28.7 Å². The van der Waals surface area contributed by atoms with Gasteiger partial charge < -0.3 is 14.8 Å². The summed E-state index contributed by atoms with van der Waals surface area (Å²) < 4.78 is 10.9. The standard InChI is InChI=1S/C23H24BrNO6/c1-15(2)13-31-23(29)17-5-9-19(10-6-17)25-21(27)11-12-22(28)30-14-20(26)16-3-7-18(24)8-4-16/h3-10,15H,11-14H2,1-2H3,(H,25,27). The molecule has 2 aromatic carbocycles. The zero-order valence-electron chi connectivity index (χ0n) is 17.4. The summed E-state index contributed by atoms with van der Waals surface area (Å²) >= 11 is 3.28. The molecule has 0 atom stereocenters. The van der Waals surface area contributed by atoms with Crippen LogP contribution in [0.25, 0.3) is 0 Å². The number of benzene rings is 2. The lowest BCUT2D eigenvalue weighted by Crippen LogP contribution is -2.17. The van der Waals surface area contributed by atoms with E-state index in [0.29, 0.717) is 23.4 Å². The van der Waals surface area contributed by atoms with Gasteiger partial charge >= 0.3 is 11.9 Å². The van der Waals surface area contributed by atoms with E-state index in [0.717, 1.165) is 4.47 Å². The molecule has 0 spiro atoms. The maximum Gasteiger partial charge on any atom is 0.338 e. The fraction of sp³-hybridized carbons (Fsp3) is 0.304.